The summed E-state index contributed by atoms with van der Waals surface area (Å²) >= 11 is 0. The van der Waals surface area contributed by atoms with Crippen molar-refractivity contribution in [3.63, 3.8) is 0 Å². The Morgan fingerprint density at radius 2 is 1.36 bits per heavy atom. The zero-order valence-corrected chi connectivity index (χ0v) is 19.8. The zero-order valence-electron chi connectivity index (χ0n) is 17.4. The van der Waals surface area contributed by atoms with Crippen LogP contribution in [0.15, 0.2) is 109 Å². The van der Waals surface area contributed by atoms with Gasteiger partial charge in [-0.2, -0.15) is 0 Å². The Balaban J connectivity index is 0.000000202. The number of hydrogen-bond donors (Lipinski definition) is 0. The Bertz CT molecular complexity index is 1220. The molecule has 0 aliphatic heterocycles. The van der Waals surface area contributed by atoms with Crippen LogP contribution in [0.5, 0.6) is 0 Å². The molecule has 5 rings (SSSR count). The molecule has 5 aromatic rings. The van der Waals surface area contributed by atoms with Gasteiger partial charge in [-0.3, -0.25) is 0 Å². The molecule has 165 valence electrons. The van der Waals surface area contributed by atoms with Crippen LogP contribution in [0.3, 0.4) is 0 Å². The molecule has 2 heterocycles. The second-order valence-corrected chi connectivity index (χ2v) is 6.85. The number of halogens is 2. The van der Waals surface area contributed by atoms with Gasteiger partial charge in [0.15, 0.2) is 0 Å². The first kappa shape index (κ1) is 24.1. The molecule has 0 spiro atoms. The minimum Gasteiger partial charge on any atom is -0.305 e. The predicted octanol–water partition coefficient (Wildman–Crippen LogP) is 7.04. The molecule has 0 saturated carbocycles. The van der Waals surface area contributed by atoms with Crippen molar-refractivity contribution in [2.24, 2.45) is 0 Å². The van der Waals surface area contributed by atoms with Crippen molar-refractivity contribution in [3.8, 4) is 33.6 Å². The summed E-state index contributed by atoms with van der Waals surface area (Å²) in [7, 11) is 0. The molecular formula is C28H18F2IrN2-2. The van der Waals surface area contributed by atoms with Crippen molar-refractivity contribution in [1.29, 1.82) is 0 Å². The third-order valence-electron chi connectivity index (χ3n) is 4.59. The van der Waals surface area contributed by atoms with E-state index < -0.39 is 11.6 Å². The van der Waals surface area contributed by atoms with E-state index in [2.05, 4.69) is 22.1 Å². The molecule has 0 bridgehead atoms. The summed E-state index contributed by atoms with van der Waals surface area (Å²) in [5.41, 5.74) is 4.77. The fourth-order valence-corrected chi connectivity index (χ4v) is 3.10. The van der Waals surface area contributed by atoms with Crippen molar-refractivity contribution < 1.29 is 28.9 Å². The fourth-order valence-electron chi connectivity index (χ4n) is 3.10. The standard InChI is InChI=1S/C17H10F2N.C11H8N.Ir/c18-15-8-14(9-16(19)11-15)17-10-13(6-7-20-17)12-4-2-1-3-5-12;1-2-6-10(7-3-1)11-8-4-5-9-12-11;/h1-8,10-11H;1-6,8-9H;/q2*-1;. The maximum Gasteiger partial charge on any atom is 0.0446 e. The van der Waals surface area contributed by atoms with E-state index in [0.29, 0.717) is 11.3 Å². The van der Waals surface area contributed by atoms with Crippen LogP contribution in [0.4, 0.5) is 8.78 Å². The largest absolute Gasteiger partial charge is 0.305 e. The molecule has 0 unspecified atom stereocenters. The minimum absolute atomic E-state index is 0. The molecule has 2 aromatic heterocycles. The van der Waals surface area contributed by atoms with Crippen LogP contribution in [0.2, 0.25) is 0 Å². The summed E-state index contributed by atoms with van der Waals surface area (Å²) in [6, 6.07) is 34.7. The first-order valence-electron chi connectivity index (χ1n) is 9.97. The van der Waals surface area contributed by atoms with Gasteiger partial charge in [-0.25, -0.2) is 8.78 Å². The van der Waals surface area contributed by atoms with E-state index in [0.717, 1.165) is 28.5 Å². The molecule has 3 aromatic carbocycles. The summed E-state index contributed by atoms with van der Waals surface area (Å²) in [5, 5.41) is 0. The number of aromatic nitrogens is 2. The van der Waals surface area contributed by atoms with Gasteiger partial charge in [0.1, 0.15) is 0 Å². The average molecular weight is 613 g/mol. The maximum absolute atomic E-state index is 13.2. The van der Waals surface area contributed by atoms with Crippen molar-refractivity contribution in [2.45, 2.75) is 0 Å². The molecule has 0 aliphatic carbocycles. The Morgan fingerprint density at radius 3 is 2.06 bits per heavy atom. The average Bonchev–Trinajstić information content (AvgIpc) is 2.86. The third kappa shape index (κ3) is 6.72. The van der Waals surface area contributed by atoms with Crippen LogP contribution >= 0.6 is 0 Å². The fraction of sp³-hybridized carbons (Fsp3) is 0. The van der Waals surface area contributed by atoms with E-state index in [1.165, 1.54) is 6.07 Å². The summed E-state index contributed by atoms with van der Waals surface area (Å²) in [5.74, 6) is -1.37. The van der Waals surface area contributed by atoms with Crippen molar-refractivity contribution in [3.05, 3.63) is 133 Å². The predicted molar refractivity (Wildman–Crippen MR) is 122 cm³/mol. The van der Waals surface area contributed by atoms with E-state index in [1.54, 1.807) is 18.5 Å². The van der Waals surface area contributed by atoms with Crippen molar-refractivity contribution >= 4 is 0 Å². The Morgan fingerprint density at radius 1 is 0.606 bits per heavy atom. The molecule has 0 aliphatic rings. The van der Waals surface area contributed by atoms with E-state index in [4.69, 9.17) is 0 Å². The molecule has 0 atom stereocenters. The molecule has 1 radical (unpaired) electrons. The summed E-state index contributed by atoms with van der Waals surface area (Å²) < 4.78 is 26.5. The second kappa shape index (κ2) is 11.9. The Labute approximate surface area is 205 Å². The normalized spacial score (nSPS) is 9.88. The number of nitrogens with zero attached hydrogens (tertiary/aromatic N) is 2. The Hall–Kier alpha value is -3.53. The van der Waals surface area contributed by atoms with Crippen LogP contribution in [0.1, 0.15) is 0 Å². The van der Waals surface area contributed by atoms with E-state index in [9.17, 15) is 8.78 Å². The van der Waals surface area contributed by atoms with Crippen LogP contribution in [0.25, 0.3) is 33.6 Å². The maximum atomic E-state index is 13.2. The van der Waals surface area contributed by atoms with Gasteiger partial charge < -0.3 is 9.97 Å². The van der Waals surface area contributed by atoms with Gasteiger partial charge in [-0.1, -0.05) is 54.6 Å². The van der Waals surface area contributed by atoms with Gasteiger partial charge in [-0.15, -0.1) is 53.6 Å². The van der Waals surface area contributed by atoms with E-state index >= 15 is 0 Å². The van der Waals surface area contributed by atoms with Gasteiger partial charge in [-0.05, 0) is 34.6 Å². The van der Waals surface area contributed by atoms with Crippen molar-refractivity contribution in [1.82, 2.24) is 9.97 Å². The summed E-state index contributed by atoms with van der Waals surface area (Å²) in [6.07, 6.45) is 3.41. The molecule has 0 saturated heterocycles. The summed E-state index contributed by atoms with van der Waals surface area (Å²) in [6.45, 7) is 0. The van der Waals surface area contributed by atoms with Gasteiger partial charge in [0, 0.05) is 44.1 Å². The minimum atomic E-state index is -0.730. The van der Waals surface area contributed by atoms with Crippen LogP contribution in [-0.4, -0.2) is 9.97 Å². The number of rotatable bonds is 3. The third-order valence-corrected chi connectivity index (χ3v) is 4.59. The quantitative estimate of drug-likeness (QED) is 0.204. The van der Waals surface area contributed by atoms with Crippen LogP contribution in [0, 0.1) is 23.8 Å². The molecule has 33 heavy (non-hydrogen) atoms. The first-order valence-corrected chi connectivity index (χ1v) is 9.97. The van der Waals surface area contributed by atoms with Crippen molar-refractivity contribution in [2.75, 3.05) is 0 Å². The Kier molecular flexibility index (Phi) is 8.70. The molecule has 0 amide bonds. The van der Waals surface area contributed by atoms with Gasteiger partial charge in [0.25, 0.3) is 0 Å². The monoisotopic (exact) mass is 613 g/mol. The molecule has 2 nitrogen and oxygen atoms in total. The van der Waals surface area contributed by atoms with E-state index in [-0.39, 0.29) is 20.1 Å². The molecule has 5 heteroatoms. The number of pyridine rings is 2. The smallest absolute Gasteiger partial charge is 0.0446 e. The van der Waals surface area contributed by atoms with Crippen LogP contribution in [-0.2, 0) is 20.1 Å². The van der Waals surface area contributed by atoms with Gasteiger partial charge in [0.2, 0.25) is 0 Å². The molecular weight excluding hydrogens is 595 g/mol. The topological polar surface area (TPSA) is 25.8 Å². The van der Waals surface area contributed by atoms with E-state index in [1.807, 2.05) is 78.9 Å². The van der Waals surface area contributed by atoms with Crippen LogP contribution < -0.4 is 0 Å². The second-order valence-electron chi connectivity index (χ2n) is 6.85. The van der Waals surface area contributed by atoms with Gasteiger partial charge >= 0.3 is 0 Å². The first-order chi connectivity index (χ1) is 15.7. The molecule has 0 N–H and O–H groups in total. The van der Waals surface area contributed by atoms with Gasteiger partial charge in [0.05, 0.1) is 0 Å². The summed E-state index contributed by atoms with van der Waals surface area (Å²) in [4.78, 5) is 8.37. The number of hydrogen-bond acceptors (Lipinski definition) is 2. The SMILES string of the molecule is Fc1[c-]c(-c2cc(-c3ccccc3)ccn2)cc(F)c1.[Ir].[c-]1ccccc1-c1ccccn1. The zero-order chi connectivity index (χ0) is 22.2. The number of benzene rings is 3. The molecule has 0 fully saturated rings.